The average Bonchev–Trinajstić information content (AvgIpc) is 2.64. The zero-order valence-electron chi connectivity index (χ0n) is 8.23. The number of thiazole rings is 1. The van der Waals surface area contributed by atoms with E-state index in [0.717, 1.165) is 18.5 Å². The van der Waals surface area contributed by atoms with Crippen LogP contribution in [0, 0.1) is 5.92 Å². The predicted molar refractivity (Wildman–Crippen MR) is 61.5 cm³/mol. The van der Waals surface area contributed by atoms with Gasteiger partial charge in [0.15, 0.2) is 0 Å². The smallest absolute Gasteiger partial charge is 0.0812 e. The second-order valence-electron chi connectivity index (χ2n) is 3.70. The third-order valence-electron chi connectivity index (χ3n) is 2.38. The van der Waals surface area contributed by atoms with Crippen LogP contribution in [0.25, 0.3) is 10.2 Å². The van der Waals surface area contributed by atoms with Crippen LogP contribution in [0.5, 0.6) is 0 Å². The van der Waals surface area contributed by atoms with E-state index < -0.39 is 0 Å². The zero-order valence-corrected chi connectivity index (χ0v) is 9.05. The van der Waals surface area contributed by atoms with Crippen LogP contribution in [0.15, 0.2) is 23.7 Å². The highest BCUT2D eigenvalue weighted by atomic mass is 32.1. The molecule has 2 N–H and O–H groups in total. The van der Waals surface area contributed by atoms with E-state index in [0.29, 0.717) is 5.92 Å². The van der Waals surface area contributed by atoms with E-state index >= 15 is 0 Å². The molecule has 0 aliphatic carbocycles. The number of hydrogen-bond acceptors (Lipinski definition) is 3. The van der Waals surface area contributed by atoms with E-state index in [2.05, 4.69) is 30.1 Å². The van der Waals surface area contributed by atoms with Crippen LogP contribution < -0.4 is 5.73 Å². The van der Waals surface area contributed by atoms with Gasteiger partial charge in [-0.2, -0.15) is 0 Å². The van der Waals surface area contributed by atoms with Gasteiger partial charge in [-0.3, -0.25) is 0 Å². The predicted octanol–water partition coefficient (Wildman–Crippen LogP) is 2.43. The third kappa shape index (κ3) is 1.94. The van der Waals surface area contributed by atoms with Gasteiger partial charge in [-0.05, 0) is 36.6 Å². The number of hydrogen-bond donors (Lipinski definition) is 1. The lowest BCUT2D eigenvalue weighted by molar-refractivity contribution is 0.593. The number of aromatic nitrogens is 1. The monoisotopic (exact) mass is 206 g/mol. The molecule has 2 nitrogen and oxygen atoms in total. The maximum atomic E-state index is 5.60. The van der Waals surface area contributed by atoms with Gasteiger partial charge in [0, 0.05) is 0 Å². The fraction of sp³-hybridized carbons (Fsp3) is 0.364. The van der Waals surface area contributed by atoms with Gasteiger partial charge in [-0.25, -0.2) is 4.98 Å². The van der Waals surface area contributed by atoms with Gasteiger partial charge >= 0.3 is 0 Å². The summed E-state index contributed by atoms with van der Waals surface area (Å²) in [5.41, 5.74) is 9.95. The molecule has 1 unspecified atom stereocenters. The van der Waals surface area contributed by atoms with Gasteiger partial charge < -0.3 is 5.73 Å². The van der Waals surface area contributed by atoms with Gasteiger partial charge in [0.05, 0.1) is 15.7 Å². The molecule has 0 radical (unpaired) electrons. The van der Waals surface area contributed by atoms with Crippen molar-refractivity contribution in [2.75, 3.05) is 6.54 Å². The number of benzene rings is 1. The van der Waals surface area contributed by atoms with Crippen LogP contribution >= 0.6 is 11.3 Å². The topological polar surface area (TPSA) is 38.9 Å². The summed E-state index contributed by atoms with van der Waals surface area (Å²) in [6.45, 7) is 2.93. The molecule has 0 bridgehead atoms. The van der Waals surface area contributed by atoms with Gasteiger partial charge in [-0.15, -0.1) is 11.3 Å². The number of nitrogens with zero attached hydrogens (tertiary/aromatic N) is 1. The maximum absolute atomic E-state index is 5.60. The van der Waals surface area contributed by atoms with Gasteiger partial charge in [0.1, 0.15) is 0 Å². The Labute approximate surface area is 87.8 Å². The Hall–Kier alpha value is -0.930. The molecule has 2 aromatic rings. The molecule has 2 rings (SSSR count). The summed E-state index contributed by atoms with van der Waals surface area (Å²) in [4.78, 5) is 4.25. The summed E-state index contributed by atoms with van der Waals surface area (Å²) in [6.07, 6.45) is 1.06. The van der Waals surface area contributed by atoms with Crippen LogP contribution in [0.1, 0.15) is 12.5 Å². The Kier molecular flexibility index (Phi) is 2.79. The van der Waals surface area contributed by atoms with Crippen LogP contribution in [-0.2, 0) is 6.42 Å². The molecule has 0 spiro atoms. The Morgan fingerprint density at radius 3 is 3.14 bits per heavy atom. The average molecular weight is 206 g/mol. The van der Waals surface area contributed by atoms with Crippen LogP contribution in [0.3, 0.4) is 0 Å². The standard InChI is InChI=1S/C11H14N2S/c1-8(6-12)4-9-2-3-10-11(5-9)14-7-13-10/h2-3,5,7-8H,4,6,12H2,1H3. The van der Waals surface area contributed by atoms with E-state index in [1.54, 1.807) is 11.3 Å². The van der Waals surface area contributed by atoms with Gasteiger partial charge in [-0.1, -0.05) is 13.0 Å². The van der Waals surface area contributed by atoms with E-state index in [9.17, 15) is 0 Å². The molecule has 0 aliphatic rings. The van der Waals surface area contributed by atoms with Crippen molar-refractivity contribution < 1.29 is 0 Å². The Morgan fingerprint density at radius 1 is 1.50 bits per heavy atom. The number of rotatable bonds is 3. The third-order valence-corrected chi connectivity index (χ3v) is 3.17. The van der Waals surface area contributed by atoms with Crippen molar-refractivity contribution in [1.82, 2.24) is 4.98 Å². The zero-order chi connectivity index (χ0) is 9.97. The summed E-state index contributed by atoms with van der Waals surface area (Å²) >= 11 is 1.69. The molecule has 0 aliphatic heterocycles. The lowest BCUT2D eigenvalue weighted by Gasteiger charge is -2.07. The molecule has 0 saturated heterocycles. The van der Waals surface area contributed by atoms with Crippen molar-refractivity contribution in [3.8, 4) is 0 Å². The Bertz CT molecular complexity index is 422. The van der Waals surface area contributed by atoms with Crippen molar-refractivity contribution in [2.45, 2.75) is 13.3 Å². The van der Waals surface area contributed by atoms with E-state index in [-0.39, 0.29) is 0 Å². The molecule has 1 heterocycles. The first-order valence-corrected chi connectivity index (χ1v) is 5.69. The van der Waals surface area contributed by atoms with Crippen LogP contribution in [-0.4, -0.2) is 11.5 Å². The van der Waals surface area contributed by atoms with Gasteiger partial charge in [0.25, 0.3) is 0 Å². The lowest BCUT2D eigenvalue weighted by atomic mass is 10.0. The second kappa shape index (κ2) is 4.07. The quantitative estimate of drug-likeness (QED) is 0.837. The minimum atomic E-state index is 0.556. The molecule has 14 heavy (non-hydrogen) atoms. The fourth-order valence-electron chi connectivity index (χ4n) is 1.51. The van der Waals surface area contributed by atoms with Crippen molar-refractivity contribution in [1.29, 1.82) is 0 Å². The number of nitrogens with two attached hydrogens (primary N) is 1. The van der Waals surface area contributed by atoms with Crippen molar-refractivity contribution in [3.05, 3.63) is 29.3 Å². The van der Waals surface area contributed by atoms with Crippen molar-refractivity contribution >= 4 is 21.6 Å². The molecule has 74 valence electrons. The SMILES string of the molecule is CC(CN)Cc1ccc2ncsc2c1. The second-order valence-corrected chi connectivity index (χ2v) is 4.59. The number of fused-ring (bicyclic) bond motifs is 1. The van der Waals surface area contributed by atoms with Crippen molar-refractivity contribution in [3.63, 3.8) is 0 Å². The largest absolute Gasteiger partial charge is 0.330 e. The van der Waals surface area contributed by atoms with Crippen molar-refractivity contribution in [2.24, 2.45) is 11.7 Å². The molecule has 0 fully saturated rings. The summed E-state index contributed by atoms with van der Waals surface area (Å²) < 4.78 is 1.27. The summed E-state index contributed by atoms with van der Waals surface area (Å²) in [6, 6.07) is 6.46. The Balaban J connectivity index is 2.25. The first kappa shape index (κ1) is 9.62. The van der Waals surface area contributed by atoms with E-state index in [1.807, 2.05) is 5.51 Å². The minimum absolute atomic E-state index is 0.556. The molecular formula is C11H14N2S. The summed E-state index contributed by atoms with van der Waals surface area (Å²) in [5.74, 6) is 0.556. The molecule has 3 heteroatoms. The molecule has 0 saturated carbocycles. The van der Waals surface area contributed by atoms with Crippen LogP contribution in [0.4, 0.5) is 0 Å². The highest BCUT2D eigenvalue weighted by molar-refractivity contribution is 7.16. The maximum Gasteiger partial charge on any atom is 0.0812 e. The highest BCUT2D eigenvalue weighted by Gasteiger charge is 2.03. The van der Waals surface area contributed by atoms with E-state index in [1.165, 1.54) is 10.3 Å². The molecule has 1 aromatic heterocycles. The molecular weight excluding hydrogens is 192 g/mol. The lowest BCUT2D eigenvalue weighted by Crippen LogP contribution is -2.12. The highest BCUT2D eigenvalue weighted by Crippen LogP contribution is 2.20. The molecule has 0 amide bonds. The van der Waals surface area contributed by atoms with E-state index in [4.69, 9.17) is 5.73 Å². The van der Waals surface area contributed by atoms with Crippen LogP contribution in [0.2, 0.25) is 0 Å². The molecule has 1 atom stereocenters. The minimum Gasteiger partial charge on any atom is -0.330 e. The first-order valence-electron chi connectivity index (χ1n) is 4.82. The fourth-order valence-corrected chi connectivity index (χ4v) is 2.25. The summed E-state index contributed by atoms with van der Waals surface area (Å²) in [7, 11) is 0. The first-order chi connectivity index (χ1) is 6.79. The summed E-state index contributed by atoms with van der Waals surface area (Å²) in [5, 5.41) is 0. The molecule has 1 aromatic carbocycles. The van der Waals surface area contributed by atoms with Gasteiger partial charge in [0.2, 0.25) is 0 Å². The normalized spacial score (nSPS) is 13.3. The Morgan fingerprint density at radius 2 is 2.36 bits per heavy atom.